The first-order valence-electron chi connectivity index (χ1n) is 4.82. The lowest BCUT2D eigenvalue weighted by atomic mass is 10.4. The summed E-state index contributed by atoms with van der Waals surface area (Å²) < 4.78 is 2.55. The molecule has 1 aliphatic carbocycles. The summed E-state index contributed by atoms with van der Waals surface area (Å²) in [5.41, 5.74) is 0. The molecular weight excluding hydrogens is 168 g/mol. The molecule has 0 aromatic carbocycles. The summed E-state index contributed by atoms with van der Waals surface area (Å²) in [6, 6.07) is 0. The van der Waals surface area contributed by atoms with Gasteiger partial charge < -0.3 is 5.32 Å². The Bertz CT molecular complexity index is 171. The quantitative estimate of drug-likeness (QED) is 0.659. The van der Waals surface area contributed by atoms with Gasteiger partial charge in [0.1, 0.15) is 0 Å². The monoisotopic (exact) mass is 186 g/mol. The highest BCUT2D eigenvalue weighted by Crippen LogP contribution is 2.35. The summed E-state index contributed by atoms with van der Waals surface area (Å²) in [7, 11) is 0.319. The number of hydrogen-bond donors (Lipinski definition) is 1. The summed E-state index contributed by atoms with van der Waals surface area (Å²) >= 11 is 0. The highest BCUT2D eigenvalue weighted by atomic mass is 32.2. The van der Waals surface area contributed by atoms with Crippen molar-refractivity contribution in [1.29, 1.82) is 0 Å². The number of nitrogens with zero attached hydrogens (tertiary/aromatic N) is 1. The minimum Gasteiger partial charge on any atom is -0.314 e. The Hall–Kier alpha value is 0.140. The Morgan fingerprint density at radius 1 is 1.33 bits per heavy atom. The fourth-order valence-corrected chi connectivity index (χ4v) is 3.35. The van der Waals surface area contributed by atoms with Crippen LogP contribution in [0.5, 0.6) is 0 Å². The minimum atomic E-state index is 0.319. The molecule has 1 unspecified atom stereocenters. The van der Waals surface area contributed by atoms with Crippen LogP contribution in [0.1, 0.15) is 12.8 Å². The first kappa shape index (κ1) is 8.73. The SMILES string of the molecule is C=S(CC1CC1)N1CCNCC1. The molecule has 0 aromatic rings. The molecule has 0 amide bonds. The molecule has 1 N–H and O–H groups in total. The molecule has 1 aliphatic heterocycles. The molecule has 2 aliphatic rings. The molecule has 2 nitrogen and oxygen atoms in total. The molecule has 0 radical (unpaired) electrons. The number of piperazine rings is 1. The van der Waals surface area contributed by atoms with Crippen molar-refractivity contribution in [2.45, 2.75) is 12.8 Å². The third-order valence-corrected chi connectivity index (χ3v) is 4.52. The maximum absolute atomic E-state index is 4.27. The van der Waals surface area contributed by atoms with Crippen LogP contribution in [-0.4, -0.2) is 42.1 Å². The summed E-state index contributed by atoms with van der Waals surface area (Å²) in [4.78, 5) is 0. The topological polar surface area (TPSA) is 15.3 Å². The van der Waals surface area contributed by atoms with E-state index in [0.29, 0.717) is 10.7 Å². The van der Waals surface area contributed by atoms with E-state index in [1.54, 1.807) is 0 Å². The van der Waals surface area contributed by atoms with Gasteiger partial charge in [-0.05, 0) is 18.8 Å². The van der Waals surface area contributed by atoms with Gasteiger partial charge in [-0.25, -0.2) is 0 Å². The second-order valence-corrected chi connectivity index (χ2v) is 5.53. The Labute approximate surface area is 77.4 Å². The zero-order valence-corrected chi connectivity index (χ0v) is 8.41. The zero-order valence-electron chi connectivity index (χ0n) is 7.59. The first-order chi connectivity index (χ1) is 5.86. The predicted octanol–water partition coefficient (Wildman–Crippen LogP) is 0.917. The van der Waals surface area contributed by atoms with Crippen molar-refractivity contribution in [2.75, 3.05) is 31.9 Å². The summed E-state index contributed by atoms with van der Waals surface area (Å²) in [5.74, 6) is 6.66. The summed E-state index contributed by atoms with van der Waals surface area (Å²) in [6.07, 6.45) is 2.93. The molecular formula is C9H18N2S. The molecule has 0 spiro atoms. The van der Waals surface area contributed by atoms with Crippen LogP contribution < -0.4 is 5.32 Å². The van der Waals surface area contributed by atoms with Crippen LogP contribution in [-0.2, 0) is 0 Å². The lowest BCUT2D eigenvalue weighted by Crippen LogP contribution is -2.40. The van der Waals surface area contributed by atoms with Gasteiger partial charge in [0, 0.05) is 31.9 Å². The van der Waals surface area contributed by atoms with Gasteiger partial charge in [-0.2, -0.15) is 0 Å². The fourth-order valence-electron chi connectivity index (χ4n) is 1.56. The number of rotatable bonds is 3. The third kappa shape index (κ3) is 2.31. The van der Waals surface area contributed by atoms with Gasteiger partial charge in [0.15, 0.2) is 0 Å². The van der Waals surface area contributed by atoms with Crippen molar-refractivity contribution in [3.63, 3.8) is 0 Å². The van der Waals surface area contributed by atoms with Crippen LogP contribution >= 0.6 is 10.7 Å². The van der Waals surface area contributed by atoms with Gasteiger partial charge >= 0.3 is 0 Å². The number of hydrogen-bond acceptors (Lipinski definition) is 2. The van der Waals surface area contributed by atoms with E-state index in [1.165, 1.54) is 31.7 Å². The highest BCUT2D eigenvalue weighted by Gasteiger charge is 2.23. The van der Waals surface area contributed by atoms with E-state index in [1.807, 2.05) is 0 Å². The molecule has 2 rings (SSSR count). The normalized spacial score (nSPS) is 28.7. The number of nitrogens with one attached hydrogen (secondary N) is 1. The van der Waals surface area contributed by atoms with E-state index in [9.17, 15) is 0 Å². The third-order valence-electron chi connectivity index (χ3n) is 2.57. The molecule has 0 aromatic heterocycles. The molecule has 12 heavy (non-hydrogen) atoms. The van der Waals surface area contributed by atoms with Gasteiger partial charge in [0.05, 0.1) is 0 Å². The van der Waals surface area contributed by atoms with Crippen molar-refractivity contribution < 1.29 is 0 Å². The molecule has 0 bridgehead atoms. The lowest BCUT2D eigenvalue weighted by Gasteiger charge is -2.29. The first-order valence-corrected chi connectivity index (χ1v) is 6.34. The van der Waals surface area contributed by atoms with Crippen LogP contribution in [0, 0.1) is 5.92 Å². The van der Waals surface area contributed by atoms with Crippen molar-refractivity contribution in [3.05, 3.63) is 0 Å². The fraction of sp³-hybridized carbons (Fsp3) is 0.889. The van der Waals surface area contributed by atoms with Crippen molar-refractivity contribution >= 4 is 16.5 Å². The van der Waals surface area contributed by atoms with E-state index in [-0.39, 0.29) is 0 Å². The van der Waals surface area contributed by atoms with Crippen molar-refractivity contribution in [2.24, 2.45) is 5.92 Å². The second-order valence-electron chi connectivity index (χ2n) is 3.75. The van der Waals surface area contributed by atoms with Crippen LogP contribution in [0.4, 0.5) is 0 Å². The predicted molar refractivity (Wildman–Crippen MR) is 56.7 cm³/mol. The van der Waals surface area contributed by atoms with E-state index in [2.05, 4.69) is 15.5 Å². The Kier molecular flexibility index (Phi) is 2.84. The Morgan fingerprint density at radius 2 is 2.00 bits per heavy atom. The molecule has 1 saturated carbocycles. The van der Waals surface area contributed by atoms with Crippen LogP contribution in [0.3, 0.4) is 0 Å². The highest BCUT2D eigenvalue weighted by molar-refractivity contribution is 8.12. The maximum Gasteiger partial charge on any atom is 0.0210 e. The maximum atomic E-state index is 4.27. The van der Waals surface area contributed by atoms with Crippen LogP contribution in [0.15, 0.2) is 0 Å². The van der Waals surface area contributed by atoms with Gasteiger partial charge in [0.2, 0.25) is 0 Å². The molecule has 1 saturated heterocycles. The van der Waals surface area contributed by atoms with Gasteiger partial charge in [-0.3, -0.25) is 4.31 Å². The average molecular weight is 186 g/mol. The molecule has 2 fully saturated rings. The van der Waals surface area contributed by atoms with Crippen molar-refractivity contribution in [1.82, 2.24) is 9.62 Å². The molecule has 70 valence electrons. The standard InChI is InChI=1S/C9H18N2S/c1-12(8-9-2-3-9)11-6-4-10-5-7-11/h9-10H,1-8H2. The van der Waals surface area contributed by atoms with Gasteiger partial charge in [-0.15, -0.1) is 10.7 Å². The van der Waals surface area contributed by atoms with E-state index < -0.39 is 0 Å². The van der Waals surface area contributed by atoms with E-state index in [0.717, 1.165) is 19.0 Å². The van der Waals surface area contributed by atoms with E-state index >= 15 is 0 Å². The van der Waals surface area contributed by atoms with Crippen LogP contribution in [0.25, 0.3) is 0 Å². The largest absolute Gasteiger partial charge is 0.314 e. The molecule has 3 heteroatoms. The van der Waals surface area contributed by atoms with Gasteiger partial charge in [-0.1, -0.05) is 5.87 Å². The molecule has 1 heterocycles. The summed E-state index contributed by atoms with van der Waals surface area (Å²) in [5, 5.41) is 3.37. The Morgan fingerprint density at radius 3 is 2.58 bits per heavy atom. The summed E-state index contributed by atoms with van der Waals surface area (Å²) in [6.45, 7) is 4.73. The Balaban J connectivity index is 1.76. The average Bonchev–Trinajstić information content (AvgIpc) is 2.90. The minimum absolute atomic E-state index is 0.319. The lowest BCUT2D eigenvalue weighted by molar-refractivity contribution is 0.395. The smallest absolute Gasteiger partial charge is 0.0210 e. The molecule has 1 atom stereocenters. The zero-order chi connectivity index (χ0) is 8.39. The van der Waals surface area contributed by atoms with E-state index in [4.69, 9.17) is 0 Å². The van der Waals surface area contributed by atoms with Crippen molar-refractivity contribution in [3.8, 4) is 0 Å². The second kappa shape index (κ2) is 3.90. The van der Waals surface area contributed by atoms with Crippen LogP contribution in [0.2, 0.25) is 0 Å². The van der Waals surface area contributed by atoms with Gasteiger partial charge in [0.25, 0.3) is 0 Å².